The summed E-state index contributed by atoms with van der Waals surface area (Å²) in [5, 5.41) is 7.33. The second-order valence-corrected chi connectivity index (χ2v) is 4.90. The second-order valence-electron chi connectivity index (χ2n) is 4.90. The first kappa shape index (κ1) is 11.8. The lowest BCUT2D eigenvalue weighted by molar-refractivity contribution is -0.116. The number of amides is 1. The van der Waals surface area contributed by atoms with E-state index in [0.717, 1.165) is 34.5 Å². The standard InChI is InChI=1S/C14H16N4O/c1-8-13(17-18(2)14(8)15)10-3-5-11-9(7-10)4-6-12(19)16-11/h3,5,7H,4,6,15H2,1-2H3,(H,16,19). The van der Waals surface area contributed by atoms with Crippen LogP contribution in [0.15, 0.2) is 18.2 Å². The highest BCUT2D eigenvalue weighted by atomic mass is 16.1. The van der Waals surface area contributed by atoms with E-state index in [0.29, 0.717) is 12.2 Å². The number of hydrogen-bond donors (Lipinski definition) is 2. The van der Waals surface area contributed by atoms with Crippen LogP contribution in [0, 0.1) is 6.92 Å². The summed E-state index contributed by atoms with van der Waals surface area (Å²) in [4.78, 5) is 11.3. The first-order valence-corrected chi connectivity index (χ1v) is 6.28. The van der Waals surface area contributed by atoms with Crippen molar-refractivity contribution in [1.82, 2.24) is 9.78 Å². The summed E-state index contributed by atoms with van der Waals surface area (Å²) in [6.07, 6.45) is 1.32. The third-order valence-electron chi connectivity index (χ3n) is 3.61. The van der Waals surface area contributed by atoms with Crippen LogP contribution in [0.5, 0.6) is 0 Å². The zero-order valence-electron chi connectivity index (χ0n) is 11.0. The molecule has 5 heteroatoms. The fourth-order valence-corrected chi connectivity index (χ4v) is 2.45. The van der Waals surface area contributed by atoms with Gasteiger partial charge in [0.1, 0.15) is 5.82 Å². The maximum absolute atomic E-state index is 11.3. The summed E-state index contributed by atoms with van der Waals surface area (Å²) < 4.78 is 1.69. The fourth-order valence-electron chi connectivity index (χ4n) is 2.45. The van der Waals surface area contributed by atoms with Crippen molar-refractivity contribution in [3.05, 3.63) is 29.3 Å². The van der Waals surface area contributed by atoms with Crippen molar-refractivity contribution in [2.45, 2.75) is 19.8 Å². The zero-order chi connectivity index (χ0) is 13.6. The first-order valence-electron chi connectivity index (χ1n) is 6.28. The van der Waals surface area contributed by atoms with Crippen LogP contribution < -0.4 is 11.1 Å². The van der Waals surface area contributed by atoms with E-state index in [9.17, 15) is 4.79 Å². The minimum absolute atomic E-state index is 0.0820. The van der Waals surface area contributed by atoms with Gasteiger partial charge in [-0.1, -0.05) is 6.07 Å². The summed E-state index contributed by atoms with van der Waals surface area (Å²) in [6, 6.07) is 5.99. The molecule has 0 spiro atoms. The van der Waals surface area contributed by atoms with Gasteiger partial charge in [0.15, 0.2) is 0 Å². The highest BCUT2D eigenvalue weighted by Crippen LogP contribution is 2.31. The number of nitrogens with zero attached hydrogens (tertiary/aromatic N) is 2. The predicted octanol–water partition coefficient (Wildman–Crippen LogP) is 1.86. The van der Waals surface area contributed by atoms with Crippen LogP contribution in [0.3, 0.4) is 0 Å². The van der Waals surface area contributed by atoms with E-state index >= 15 is 0 Å². The largest absolute Gasteiger partial charge is 0.384 e. The molecule has 1 aromatic carbocycles. The molecule has 2 aromatic rings. The third kappa shape index (κ3) is 1.87. The molecular weight excluding hydrogens is 240 g/mol. The molecule has 0 saturated heterocycles. The van der Waals surface area contributed by atoms with Crippen molar-refractivity contribution in [2.24, 2.45) is 7.05 Å². The molecule has 98 valence electrons. The number of aryl methyl sites for hydroxylation is 2. The number of nitrogen functional groups attached to an aromatic ring is 1. The average Bonchev–Trinajstić information content (AvgIpc) is 2.66. The highest BCUT2D eigenvalue weighted by Gasteiger charge is 2.17. The Morgan fingerprint density at radius 1 is 1.37 bits per heavy atom. The summed E-state index contributed by atoms with van der Waals surface area (Å²) >= 11 is 0. The van der Waals surface area contributed by atoms with Gasteiger partial charge in [-0.2, -0.15) is 5.10 Å². The number of hydrogen-bond acceptors (Lipinski definition) is 3. The molecule has 3 rings (SSSR count). The van der Waals surface area contributed by atoms with Crippen molar-refractivity contribution in [1.29, 1.82) is 0 Å². The third-order valence-corrected chi connectivity index (χ3v) is 3.61. The van der Waals surface area contributed by atoms with Gasteiger partial charge in [0.25, 0.3) is 0 Å². The minimum atomic E-state index is 0.0820. The molecule has 3 N–H and O–H groups in total. The number of carbonyl (C=O) groups excluding carboxylic acids is 1. The van der Waals surface area contributed by atoms with Crippen molar-refractivity contribution >= 4 is 17.4 Å². The van der Waals surface area contributed by atoms with E-state index in [2.05, 4.69) is 16.5 Å². The van der Waals surface area contributed by atoms with Crippen molar-refractivity contribution < 1.29 is 4.79 Å². The van der Waals surface area contributed by atoms with Crippen LogP contribution in [0.4, 0.5) is 11.5 Å². The molecule has 0 atom stereocenters. The summed E-state index contributed by atoms with van der Waals surface area (Å²) in [6.45, 7) is 1.97. The number of benzene rings is 1. The molecule has 1 aliphatic heterocycles. The fraction of sp³-hybridized carbons (Fsp3) is 0.286. The maximum atomic E-state index is 11.3. The molecule has 0 bridgehead atoms. The molecule has 19 heavy (non-hydrogen) atoms. The van der Waals surface area contributed by atoms with Crippen LogP contribution in [0.25, 0.3) is 11.3 Å². The Morgan fingerprint density at radius 2 is 2.16 bits per heavy atom. The molecule has 1 aliphatic rings. The number of rotatable bonds is 1. The average molecular weight is 256 g/mol. The van der Waals surface area contributed by atoms with Crippen LogP contribution in [-0.2, 0) is 18.3 Å². The SMILES string of the molecule is Cc1c(-c2ccc3c(c2)CCC(=O)N3)nn(C)c1N. The lowest BCUT2D eigenvalue weighted by Gasteiger charge is -2.17. The highest BCUT2D eigenvalue weighted by molar-refractivity contribution is 5.94. The van der Waals surface area contributed by atoms with Gasteiger partial charge in [-0.05, 0) is 31.0 Å². The monoisotopic (exact) mass is 256 g/mol. The van der Waals surface area contributed by atoms with Crippen LogP contribution in [0.2, 0.25) is 0 Å². The van der Waals surface area contributed by atoms with Crippen LogP contribution in [0.1, 0.15) is 17.5 Å². The molecule has 0 saturated carbocycles. The second kappa shape index (κ2) is 4.12. The molecule has 0 aliphatic carbocycles. The quantitative estimate of drug-likeness (QED) is 0.818. The Balaban J connectivity index is 2.07. The molecule has 1 amide bonds. The molecule has 1 aromatic heterocycles. The Bertz CT molecular complexity index is 672. The summed E-state index contributed by atoms with van der Waals surface area (Å²) in [5.74, 6) is 0.763. The predicted molar refractivity (Wildman–Crippen MR) is 74.7 cm³/mol. The molecule has 5 nitrogen and oxygen atoms in total. The normalized spacial score (nSPS) is 14.1. The number of nitrogens with two attached hydrogens (primary N) is 1. The lowest BCUT2D eigenvalue weighted by atomic mass is 9.98. The van der Waals surface area contributed by atoms with Gasteiger partial charge in [0.05, 0.1) is 5.69 Å². The van der Waals surface area contributed by atoms with Gasteiger partial charge in [-0.3, -0.25) is 9.48 Å². The van der Waals surface area contributed by atoms with E-state index in [1.165, 1.54) is 0 Å². The lowest BCUT2D eigenvalue weighted by Crippen LogP contribution is -2.18. The Morgan fingerprint density at radius 3 is 2.84 bits per heavy atom. The van der Waals surface area contributed by atoms with E-state index in [-0.39, 0.29) is 5.91 Å². The zero-order valence-corrected chi connectivity index (χ0v) is 11.0. The van der Waals surface area contributed by atoms with Gasteiger partial charge in [0, 0.05) is 30.3 Å². The van der Waals surface area contributed by atoms with E-state index in [1.54, 1.807) is 4.68 Å². The van der Waals surface area contributed by atoms with Crippen molar-refractivity contribution in [2.75, 3.05) is 11.1 Å². The van der Waals surface area contributed by atoms with Gasteiger partial charge in [0.2, 0.25) is 5.91 Å². The van der Waals surface area contributed by atoms with Gasteiger partial charge < -0.3 is 11.1 Å². The van der Waals surface area contributed by atoms with Gasteiger partial charge >= 0.3 is 0 Å². The molecular formula is C14H16N4O. The Kier molecular flexibility index (Phi) is 2.55. The van der Waals surface area contributed by atoms with Gasteiger partial charge in [-0.15, -0.1) is 0 Å². The smallest absolute Gasteiger partial charge is 0.224 e. The number of nitrogens with one attached hydrogen (secondary N) is 1. The number of aromatic nitrogens is 2. The topological polar surface area (TPSA) is 72.9 Å². The van der Waals surface area contributed by atoms with Gasteiger partial charge in [-0.25, -0.2) is 0 Å². The molecule has 0 unspecified atom stereocenters. The number of fused-ring (bicyclic) bond motifs is 1. The number of carbonyl (C=O) groups is 1. The number of anilines is 2. The van der Waals surface area contributed by atoms with E-state index in [1.807, 2.05) is 26.1 Å². The van der Waals surface area contributed by atoms with Crippen molar-refractivity contribution in [3.8, 4) is 11.3 Å². The first-order chi connectivity index (χ1) is 9.06. The Hall–Kier alpha value is -2.30. The molecule has 0 fully saturated rings. The van der Waals surface area contributed by atoms with Crippen LogP contribution >= 0.6 is 0 Å². The minimum Gasteiger partial charge on any atom is -0.384 e. The van der Waals surface area contributed by atoms with Crippen LogP contribution in [-0.4, -0.2) is 15.7 Å². The summed E-state index contributed by atoms with van der Waals surface area (Å²) in [5.41, 5.74) is 10.9. The molecule has 2 heterocycles. The van der Waals surface area contributed by atoms with E-state index < -0.39 is 0 Å². The maximum Gasteiger partial charge on any atom is 0.224 e. The summed E-state index contributed by atoms with van der Waals surface area (Å²) in [7, 11) is 1.84. The van der Waals surface area contributed by atoms with E-state index in [4.69, 9.17) is 5.73 Å². The molecule has 0 radical (unpaired) electrons. The Labute approximate surface area is 111 Å². The van der Waals surface area contributed by atoms with Crippen molar-refractivity contribution in [3.63, 3.8) is 0 Å².